The van der Waals surface area contributed by atoms with E-state index in [2.05, 4.69) is 231 Å². The van der Waals surface area contributed by atoms with Crippen molar-refractivity contribution in [3.63, 3.8) is 0 Å². The summed E-state index contributed by atoms with van der Waals surface area (Å²) in [5, 5.41) is 0. The van der Waals surface area contributed by atoms with Gasteiger partial charge in [-0.1, -0.05) is 27.7 Å². The Kier molecular flexibility index (Phi) is 18.1. The Balaban J connectivity index is 1.05. The number of epoxide rings is 2. The Morgan fingerprint density at radius 2 is 0.613 bits per heavy atom. The molecule has 0 spiro atoms. The fourth-order valence-electron chi connectivity index (χ4n) is 7.29. The van der Waals surface area contributed by atoms with E-state index in [0.29, 0.717) is 12.2 Å². The normalized spacial score (nSPS) is 18.2. The van der Waals surface area contributed by atoms with E-state index in [9.17, 15) is 0 Å². The zero-order chi connectivity index (χ0) is 45.3. The van der Waals surface area contributed by atoms with E-state index in [4.69, 9.17) is 28.4 Å². The molecule has 0 radical (unpaired) electrons. The third kappa shape index (κ3) is 13.3. The fraction of sp³-hybridized carbons (Fsp3) is 0.500. The van der Waals surface area contributed by atoms with E-state index in [1.807, 2.05) is 0 Å². The molecule has 0 aliphatic carbocycles. The van der Waals surface area contributed by atoms with Crippen molar-refractivity contribution in [2.75, 3.05) is 13.2 Å². The Morgan fingerprint density at radius 3 is 0.806 bits per heavy atom. The van der Waals surface area contributed by atoms with E-state index in [1.54, 1.807) is 0 Å². The molecule has 0 aromatic heterocycles. The molecule has 2 heterocycles. The van der Waals surface area contributed by atoms with Crippen molar-refractivity contribution in [2.45, 2.75) is 141 Å². The lowest BCUT2D eigenvalue weighted by Gasteiger charge is -2.29. The fourth-order valence-corrected chi connectivity index (χ4v) is 12.8. The predicted octanol–water partition coefficient (Wildman–Crippen LogP) is 17.3. The Bertz CT molecular complexity index is 1970. The van der Waals surface area contributed by atoms with Crippen molar-refractivity contribution >= 4 is 127 Å². The molecule has 2 fully saturated rings. The molecule has 2 saturated heterocycles. The number of halogens is 8. The van der Waals surface area contributed by atoms with E-state index >= 15 is 0 Å². The zero-order valence-electron chi connectivity index (χ0n) is 36.2. The second kappa shape index (κ2) is 21.9. The van der Waals surface area contributed by atoms with Gasteiger partial charge in [0.05, 0.1) is 85.6 Å². The van der Waals surface area contributed by atoms with Crippen LogP contribution in [0.3, 0.4) is 0 Å². The topological polar surface area (TPSA) is 62.0 Å². The largest absolute Gasteiger partial charge is 0.488 e. The molecule has 0 saturated carbocycles. The van der Waals surface area contributed by atoms with Gasteiger partial charge in [0.1, 0.15) is 23.0 Å². The summed E-state index contributed by atoms with van der Waals surface area (Å²) in [6.45, 7) is 19.1. The van der Waals surface area contributed by atoms with Crippen molar-refractivity contribution in [3.05, 3.63) is 107 Å². The van der Waals surface area contributed by atoms with Crippen LogP contribution in [0.1, 0.15) is 116 Å². The molecule has 14 heteroatoms. The van der Waals surface area contributed by atoms with Gasteiger partial charge < -0.3 is 28.4 Å². The Labute approximate surface area is 435 Å². The first-order valence-corrected chi connectivity index (χ1v) is 27.4. The number of rotatable bonds is 21. The highest BCUT2D eigenvalue weighted by atomic mass is 79.9. The molecule has 2 aliphatic heterocycles. The summed E-state index contributed by atoms with van der Waals surface area (Å²) in [5.74, 6) is 3.19. The van der Waals surface area contributed by atoms with Crippen LogP contribution in [0.25, 0.3) is 0 Å². The lowest BCUT2D eigenvalue weighted by molar-refractivity contribution is 0.158. The summed E-state index contributed by atoms with van der Waals surface area (Å²) < 4.78 is 43.8. The molecule has 62 heavy (non-hydrogen) atoms. The molecular weight excluding hydrogens is 1310 g/mol. The molecule has 4 aromatic rings. The van der Waals surface area contributed by atoms with Crippen LogP contribution in [0, 0.1) is 0 Å². The number of benzene rings is 4. The van der Waals surface area contributed by atoms with Crippen molar-refractivity contribution in [2.24, 2.45) is 0 Å². The Morgan fingerprint density at radius 1 is 0.419 bits per heavy atom. The average Bonchev–Trinajstić information content (AvgIpc) is 4.14. The summed E-state index contributed by atoms with van der Waals surface area (Å²) in [7, 11) is 0. The van der Waals surface area contributed by atoms with Gasteiger partial charge in [-0.25, -0.2) is 0 Å². The third-order valence-corrected chi connectivity index (χ3v) is 16.4. The molecule has 2 aliphatic rings. The predicted molar refractivity (Wildman–Crippen MR) is 279 cm³/mol. The number of ether oxygens (including phenoxy) is 6. The minimum atomic E-state index is -0.323. The van der Waals surface area contributed by atoms with Crippen molar-refractivity contribution in [1.29, 1.82) is 0 Å². The highest BCUT2D eigenvalue weighted by Gasteiger charge is 2.31. The molecule has 6 unspecified atom stereocenters. The minimum Gasteiger partial charge on any atom is -0.488 e. The lowest BCUT2D eigenvalue weighted by atomic mass is 9.78. The van der Waals surface area contributed by atoms with Crippen LogP contribution in [-0.2, 0) is 20.3 Å². The summed E-state index contributed by atoms with van der Waals surface area (Å²) >= 11 is 30.6. The average molecular weight is 1370 g/mol. The van der Waals surface area contributed by atoms with Crippen molar-refractivity contribution < 1.29 is 28.4 Å². The van der Waals surface area contributed by atoms with Crippen LogP contribution in [-0.4, -0.2) is 49.8 Å². The lowest BCUT2D eigenvalue weighted by Crippen LogP contribution is -2.21. The maximum Gasteiger partial charge on any atom is 0.148 e. The summed E-state index contributed by atoms with van der Waals surface area (Å²) in [5.41, 5.74) is 3.92. The second-order valence-electron chi connectivity index (χ2n) is 17.7. The monoisotopic (exact) mass is 1360 g/mol. The zero-order valence-corrected chi connectivity index (χ0v) is 48.9. The van der Waals surface area contributed by atoms with E-state index in [-0.39, 0.29) is 35.2 Å². The number of hydrogen-bond acceptors (Lipinski definition) is 6. The standard InChI is InChI=1S/C48H54Br8O6/c1-25(59-43-35(49)15-29(16-36(43)50)47(5,6)31-19-39(53)45(40(54)20-31)61-27(3)11-13-33-23-57-33)9-10-26(2)60-44-37(51)17-30(18-38(44)52)48(7,8)32-21-41(55)46(42(56)22-32)62-28(4)12-14-34-24-58-34/h15-22,25-28,33-34H,9-14,23-24H2,1-8H3. The first-order valence-electron chi connectivity index (χ1n) is 21.0. The van der Waals surface area contributed by atoms with Gasteiger partial charge in [-0.2, -0.15) is 0 Å². The quantitative estimate of drug-likeness (QED) is 0.0775. The maximum absolute atomic E-state index is 6.56. The van der Waals surface area contributed by atoms with Crippen LogP contribution in [0.15, 0.2) is 84.3 Å². The Hall–Kier alpha value is -0.160. The number of hydrogen-bond donors (Lipinski definition) is 0. The highest BCUT2D eigenvalue weighted by molar-refractivity contribution is 9.12. The maximum atomic E-state index is 6.56. The second-order valence-corrected chi connectivity index (χ2v) is 24.5. The molecule has 338 valence electrons. The minimum absolute atomic E-state index is 0.0581. The van der Waals surface area contributed by atoms with Crippen molar-refractivity contribution in [3.8, 4) is 23.0 Å². The highest BCUT2D eigenvalue weighted by Crippen LogP contribution is 2.47. The van der Waals surface area contributed by atoms with Gasteiger partial charge >= 0.3 is 0 Å². The van der Waals surface area contributed by atoms with Gasteiger partial charge in [0.25, 0.3) is 0 Å². The van der Waals surface area contributed by atoms with E-state index < -0.39 is 0 Å². The van der Waals surface area contributed by atoms with Crippen LogP contribution in [0.5, 0.6) is 23.0 Å². The molecule has 0 N–H and O–H groups in total. The molecule has 6 rings (SSSR count). The SMILES string of the molecule is CC(CCC(C)Oc1c(Br)cc(C(C)(C)c2cc(Br)c(OC(C)CCC3CO3)c(Br)c2)cc1Br)Oc1c(Br)cc(C(C)(C)c2cc(Br)c(OC(C)CCC3CO3)c(Br)c2)cc1Br. The van der Waals surface area contributed by atoms with Gasteiger partial charge in [0, 0.05) is 10.8 Å². The summed E-state index contributed by atoms with van der Waals surface area (Å²) in [6.07, 6.45) is 6.38. The molecular formula is C48H54Br8O6. The van der Waals surface area contributed by atoms with Gasteiger partial charge in [-0.05, 0) is 264 Å². The van der Waals surface area contributed by atoms with E-state index in [1.165, 1.54) is 0 Å². The molecule has 4 aromatic carbocycles. The van der Waals surface area contributed by atoms with Gasteiger partial charge in [-0.15, -0.1) is 0 Å². The van der Waals surface area contributed by atoms with E-state index in [0.717, 1.165) is 133 Å². The summed E-state index contributed by atoms with van der Waals surface area (Å²) in [4.78, 5) is 0. The van der Waals surface area contributed by atoms with Gasteiger partial charge in [0.2, 0.25) is 0 Å². The van der Waals surface area contributed by atoms with Crippen LogP contribution < -0.4 is 18.9 Å². The van der Waals surface area contributed by atoms with Crippen molar-refractivity contribution in [1.82, 2.24) is 0 Å². The first-order chi connectivity index (χ1) is 29.1. The molecule has 6 nitrogen and oxygen atoms in total. The molecule has 0 amide bonds. The van der Waals surface area contributed by atoms with Crippen LogP contribution in [0.2, 0.25) is 0 Å². The molecule has 0 bridgehead atoms. The first kappa shape index (κ1) is 51.2. The third-order valence-electron chi connectivity index (χ3n) is 11.7. The van der Waals surface area contributed by atoms with Gasteiger partial charge in [-0.3, -0.25) is 0 Å². The summed E-state index contributed by atoms with van der Waals surface area (Å²) in [6, 6.07) is 17.2. The smallest absolute Gasteiger partial charge is 0.148 e. The van der Waals surface area contributed by atoms with Crippen LogP contribution >= 0.6 is 127 Å². The van der Waals surface area contributed by atoms with Crippen LogP contribution in [0.4, 0.5) is 0 Å². The molecule has 6 atom stereocenters. The van der Waals surface area contributed by atoms with Gasteiger partial charge in [0.15, 0.2) is 0 Å².